The summed E-state index contributed by atoms with van der Waals surface area (Å²) in [4.78, 5) is 12.2. The smallest absolute Gasteiger partial charge is 0.181 e. The number of hydrogen-bond donors (Lipinski definition) is 1. The highest BCUT2D eigenvalue weighted by Gasteiger charge is 2.20. The van der Waals surface area contributed by atoms with E-state index in [1.807, 2.05) is 13.8 Å². The second-order valence-corrected chi connectivity index (χ2v) is 5.36. The van der Waals surface area contributed by atoms with E-state index in [0.29, 0.717) is 6.04 Å². The maximum absolute atomic E-state index is 12.2. The topological polar surface area (TPSA) is 29.1 Å². The van der Waals surface area contributed by atoms with Gasteiger partial charge in [-0.2, -0.15) is 0 Å². The van der Waals surface area contributed by atoms with Gasteiger partial charge < -0.3 is 5.32 Å². The van der Waals surface area contributed by atoms with Crippen LogP contribution in [-0.4, -0.2) is 11.8 Å². The second-order valence-electron chi connectivity index (χ2n) is 5.36. The first-order valence-corrected chi connectivity index (χ1v) is 6.55. The van der Waals surface area contributed by atoms with Crippen molar-refractivity contribution in [3.8, 4) is 0 Å². The van der Waals surface area contributed by atoms with Gasteiger partial charge in [0.15, 0.2) is 5.78 Å². The molecule has 1 saturated carbocycles. The Labute approximate surface area is 99.5 Å². The summed E-state index contributed by atoms with van der Waals surface area (Å²) in [5.41, 5.74) is 2.28. The van der Waals surface area contributed by atoms with Crippen LogP contribution >= 0.6 is 0 Å². The Balaban J connectivity index is 2.88. The molecule has 0 spiro atoms. The highest BCUT2D eigenvalue weighted by molar-refractivity contribution is 5.96. The van der Waals surface area contributed by atoms with E-state index in [1.165, 1.54) is 24.8 Å². The fraction of sp³-hybridized carbons (Fsp3) is 0.786. The fourth-order valence-corrected chi connectivity index (χ4v) is 2.15. The summed E-state index contributed by atoms with van der Waals surface area (Å²) < 4.78 is 0. The van der Waals surface area contributed by atoms with E-state index in [2.05, 4.69) is 19.2 Å². The lowest BCUT2D eigenvalue weighted by Gasteiger charge is -2.22. The van der Waals surface area contributed by atoms with Crippen LogP contribution in [-0.2, 0) is 4.79 Å². The first kappa shape index (κ1) is 13.3. The minimum absolute atomic E-state index is 0.0932. The molecule has 2 heteroatoms. The molecule has 16 heavy (non-hydrogen) atoms. The van der Waals surface area contributed by atoms with Crippen LogP contribution < -0.4 is 5.32 Å². The minimum Gasteiger partial charge on any atom is -0.380 e. The summed E-state index contributed by atoms with van der Waals surface area (Å²) in [5.74, 6) is 0.376. The Morgan fingerprint density at radius 3 is 2.06 bits per heavy atom. The van der Waals surface area contributed by atoms with Gasteiger partial charge in [0, 0.05) is 12.0 Å². The zero-order chi connectivity index (χ0) is 12.1. The molecule has 0 unspecified atom stereocenters. The maximum Gasteiger partial charge on any atom is 0.181 e. The van der Waals surface area contributed by atoms with Gasteiger partial charge in [-0.05, 0) is 45.1 Å². The van der Waals surface area contributed by atoms with Crippen LogP contribution in [0.1, 0.15) is 59.8 Å². The van der Waals surface area contributed by atoms with E-state index in [1.54, 1.807) is 0 Å². The van der Waals surface area contributed by atoms with Crippen LogP contribution in [0.15, 0.2) is 11.3 Å². The zero-order valence-electron chi connectivity index (χ0n) is 11.1. The Morgan fingerprint density at radius 1 is 1.06 bits per heavy atom. The molecule has 0 radical (unpaired) electrons. The number of ketones is 1. The lowest BCUT2D eigenvalue weighted by atomic mass is 9.90. The summed E-state index contributed by atoms with van der Waals surface area (Å²) >= 11 is 0. The van der Waals surface area contributed by atoms with Crippen LogP contribution in [0.2, 0.25) is 0 Å². The normalized spacial score (nSPS) is 16.8. The van der Waals surface area contributed by atoms with E-state index >= 15 is 0 Å². The fourth-order valence-electron chi connectivity index (χ4n) is 2.15. The van der Waals surface area contributed by atoms with Crippen molar-refractivity contribution < 1.29 is 4.79 Å². The lowest BCUT2D eigenvalue weighted by Crippen LogP contribution is -2.31. The Hall–Kier alpha value is -0.790. The van der Waals surface area contributed by atoms with Gasteiger partial charge in [0.2, 0.25) is 0 Å². The van der Waals surface area contributed by atoms with Crippen molar-refractivity contribution in [2.75, 3.05) is 0 Å². The minimum atomic E-state index is 0.0932. The van der Waals surface area contributed by atoms with Gasteiger partial charge in [-0.15, -0.1) is 0 Å². The molecule has 1 fully saturated rings. The number of carbonyl (C=O) groups excluding carboxylic acids is 1. The molecule has 0 aromatic rings. The molecule has 0 heterocycles. The highest BCUT2D eigenvalue weighted by atomic mass is 16.1. The molecule has 1 aliphatic rings. The number of Topliss-reactive ketones (excluding diaryl/α,β-unsaturated/α-hetero) is 1. The van der Waals surface area contributed by atoms with Crippen LogP contribution in [0.5, 0.6) is 0 Å². The van der Waals surface area contributed by atoms with Crippen molar-refractivity contribution in [3.63, 3.8) is 0 Å². The van der Waals surface area contributed by atoms with Gasteiger partial charge >= 0.3 is 0 Å². The molecule has 1 aliphatic carbocycles. The number of carbonyl (C=O) groups is 1. The first-order valence-electron chi connectivity index (χ1n) is 6.55. The predicted octanol–water partition coefficient (Wildman–Crippen LogP) is 3.43. The summed E-state index contributed by atoms with van der Waals surface area (Å²) in [6, 6.07) is 0.340. The zero-order valence-corrected chi connectivity index (χ0v) is 11.1. The van der Waals surface area contributed by atoms with Crippen molar-refractivity contribution >= 4 is 5.78 Å². The van der Waals surface area contributed by atoms with E-state index in [0.717, 1.165) is 18.5 Å². The van der Waals surface area contributed by atoms with Crippen molar-refractivity contribution in [1.82, 2.24) is 5.32 Å². The Morgan fingerprint density at radius 2 is 1.62 bits per heavy atom. The molecule has 0 aromatic carbocycles. The molecule has 0 saturated heterocycles. The highest BCUT2D eigenvalue weighted by Crippen LogP contribution is 2.26. The molecule has 0 amide bonds. The third-order valence-corrected chi connectivity index (χ3v) is 3.01. The third kappa shape index (κ3) is 3.66. The second kappa shape index (κ2) is 6.07. The van der Waals surface area contributed by atoms with E-state index in [4.69, 9.17) is 0 Å². The van der Waals surface area contributed by atoms with E-state index < -0.39 is 0 Å². The summed E-state index contributed by atoms with van der Waals surface area (Å²) in [7, 11) is 0. The summed E-state index contributed by atoms with van der Waals surface area (Å²) in [6.45, 7) is 8.15. The Bertz CT molecular complexity index is 268. The molecule has 92 valence electrons. The van der Waals surface area contributed by atoms with Gasteiger partial charge in [-0.25, -0.2) is 0 Å². The van der Waals surface area contributed by atoms with Crippen molar-refractivity contribution in [1.29, 1.82) is 0 Å². The van der Waals surface area contributed by atoms with Crippen molar-refractivity contribution in [2.45, 2.75) is 65.8 Å². The van der Waals surface area contributed by atoms with Crippen LogP contribution in [0.4, 0.5) is 0 Å². The van der Waals surface area contributed by atoms with Gasteiger partial charge in [0.05, 0.1) is 5.70 Å². The molecule has 0 aliphatic heterocycles. The standard InChI is InChI=1S/C14H25NO/c1-10(2)14(16)13(15-11(3)4)12-8-6-5-7-9-12/h10-11,15H,5-9H2,1-4H3. The molecule has 1 rings (SSSR count). The largest absolute Gasteiger partial charge is 0.380 e. The Kier molecular flexibility index (Phi) is 5.04. The van der Waals surface area contributed by atoms with E-state index in [-0.39, 0.29) is 11.7 Å². The van der Waals surface area contributed by atoms with E-state index in [9.17, 15) is 4.79 Å². The van der Waals surface area contributed by atoms with Gasteiger partial charge in [-0.1, -0.05) is 20.3 Å². The van der Waals surface area contributed by atoms with Gasteiger partial charge in [0.1, 0.15) is 0 Å². The monoisotopic (exact) mass is 223 g/mol. The molecule has 1 N–H and O–H groups in total. The predicted molar refractivity (Wildman–Crippen MR) is 68.2 cm³/mol. The third-order valence-electron chi connectivity index (χ3n) is 3.01. The molecule has 0 atom stereocenters. The van der Waals surface area contributed by atoms with Crippen LogP contribution in [0.3, 0.4) is 0 Å². The van der Waals surface area contributed by atoms with Crippen molar-refractivity contribution in [2.24, 2.45) is 5.92 Å². The average molecular weight is 223 g/mol. The number of nitrogens with one attached hydrogen (secondary N) is 1. The number of rotatable bonds is 4. The molecule has 2 nitrogen and oxygen atoms in total. The van der Waals surface area contributed by atoms with Crippen LogP contribution in [0.25, 0.3) is 0 Å². The number of hydrogen-bond acceptors (Lipinski definition) is 2. The summed E-state index contributed by atoms with van der Waals surface area (Å²) in [6.07, 6.45) is 6.00. The molecular formula is C14H25NO. The number of allylic oxidation sites excluding steroid dienone is 2. The average Bonchev–Trinajstić information content (AvgIpc) is 2.26. The quantitative estimate of drug-likeness (QED) is 0.740. The SMILES string of the molecule is CC(C)NC(C(=O)C(C)C)=C1CCCCC1. The molecule has 0 bridgehead atoms. The molecular weight excluding hydrogens is 198 g/mol. The lowest BCUT2D eigenvalue weighted by molar-refractivity contribution is -0.118. The summed E-state index contributed by atoms with van der Waals surface area (Å²) in [5, 5.41) is 3.36. The van der Waals surface area contributed by atoms with Crippen LogP contribution in [0, 0.1) is 5.92 Å². The van der Waals surface area contributed by atoms with Gasteiger partial charge in [0.25, 0.3) is 0 Å². The maximum atomic E-state index is 12.2. The molecule has 0 aromatic heterocycles. The van der Waals surface area contributed by atoms with Gasteiger partial charge in [-0.3, -0.25) is 4.79 Å². The van der Waals surface area contributed by atoms with Crippen molar-refractivity contribution in [3.05, 3.63) is 11.3 Å². The first-order chi connectivity index (χ1) is 7.52.